The number of ether oxygens (including phenoxy) is 4. The molecule has 0 radical (unpaired) electrons. The molecule has 0 bridgehead atoms. The topological polar surface area (TPSA) is 83.1 Å². The molecule has 1 unspecified atom stereocenters. The monoisotopic (exact) mass is 441 g/mol. The largest absolute Gasteiger partial charge is 0.573 e. The number of esters is 1. The highest BCUT2D eigenvalue weighted by Crippen LogP contribution is 2.25. The molecule has 1 atom stereocenters. The van der Waals surface area contributed by atoms with Gasteiger partial charge >= 0.3 is 12.3 Å². The summed E-state index contributed by atoms with van der Waals surface area (Å²) in [5, 5.41) is 2.46. The molecule has 168 valence electrons. The summed E-state index contributed by atoms with van der Waals surface area (Å²) < 4.78 is 55.7. The quantitative estimate of drug-likeness (QED) is 0.590. The van der Waals surface area contributed by atoms with Gasteiger partial charge in [-0.2, -0.15) is 0 Å². The van der Waals surface area contributed by atoms with Crippen LogP contribution in [0, 0.1) is 0 Å². The van der Waals surface area contributed by atoms with Crippen molar-refractivity contribution in [2.24, 2.45) is 0 Å². The Morgan fingerprint density at radius 3 is 2.06 bits per heavy atom. The highest BCUT2D eigenvalue weighted by molar-refractivity contribution is 5.95. The van der Waals surface area contributed by atoms with Gasteiger partial charge < -0.3 is 24.3 Å². The van der Waals surface area contributed by atoms with Gasteiger partial charge in [-0.05, 0) is 55.3 Å². The third-order valence-corrected chi connectivity index (χ3v) is 4.06. The Bertz CT molecular complexity index is 877. The number of nitrogens with one attached hydrogen (secondary N) is 1. The Balaban J connectivity index is 1.85. The van der Waals surface area contributed by atoms with Crippen LogP contribution in [0.3, 0.4) is 0 Å². The third kappa shape index (κ3) is 8.07. The van der Waals surface area contributed by atoms with Gasteiger partial charge in [-0.3, -0.25) is 9.59 Å². The normalized spacial score (nSPS) is 11.9. The minimum atomic E-state index is -4.80. The molecule has 0 aromatic heterocycles. The van der Waals surface area contributed by atoms with Gasteiger partial charge in [0.25, 0.3) is 5.91 Å². The van der Waals surface area contributed by atoms with Gasteiger partial charge in [0.15, 0.2) is 6.10 Å². The fourth-order valence-electron chi connectivity index (χ4n) is 2.55. The Labute approximate surface area is 177 Å². The molecule has 0 heterocycles. The number of methoxy groups -OCH3 is 2. The van der Waals surface area contributed by atoms with E-state index in [1.165, 1.54) is 33.3 Å². The summed E-state index contributed by atoms with van der Waals surface area (Å²) in [5.74, 6) is -0.456. The second-order valence-electron chi connectivity index (χ2n) is 6.41. The molecular formula is C21H22F3NO6. The van der Waals surface area contributed by atoms with Crippen LogP contribution >= 0.6 is 0 Å². The van der Waals surface area contributed by atoms with E-state index in [1.54, 1.807) is 18.2 Å². The maximum atomic E-state index is 12.2. The summed E-state index contributed by atoms with van der Waals surface area (Å²) in [6.45, 7) is 1.39. The van der Waals surface area contributed by atoms with Crippen LogP contribution in [0.25, 0.3) is 0 Å². The van der Waals surface area contributed by atoms with Crippen molar-refractivity contribution in [3.8, 4) is 17.2 Å². The van der Waals surface area contributed by atoms with Gasteiger partial charge in [-0.1, -0.05) is 0 Å². The van der Waals surface area contributed by atoms with Crippen molar-refractivity contribution in [2.75, 3.05) is 19.5 Å². The van der Waals surface area contributed by atoms with Crippen molar-refractivity contribution in [1.82, 2.24) is 0 Å². The average molecular weight is 441 g/mol. The van der Waals surface area contributed by atoms with Crippen LogP contribution in [0.5, 0.6) is 17.2 Å². The Kier molecular flexibility index (Phi) is 8.12. The molecule has 10 heteroatoms. The lowest BCUT2D eigenvalue weighted by atomic mass is 10.1. The molecule has 1 N–H and O–H groups in total. The number of hydrogen-bond acceptors (Lipinski definition) is 6. The zero-order valence-corrected chi connectivity index (χ0v) is 17.1. The Morgan fingerprint density at radius 1 is 0.968 bits per heavy atom. The minimum absolute atomic E-state index is 0.0252. The minimum Gasteiger partial charge on any atom is -0.497 e. The van der Waals surface area contributed by atoms with Crippen LogP contribution in [0.1, 0.15) is 18.9 Å². The van der Waals surface area contributed by atoms with Gasteiger partial charge in [0, 0.05) is 18.2 Å². The standard InChI is InChI=1S/C21H22F3NO6/c1-13(20(27)25-15-5-7-16(8-6-15)31-21(22,23)24)30-19(26)9-4-14-10-17(28-2)12-18(11-14)29-3/h5-8,10-13H,4,9H2,1-3H3,(H,25,27). The molecule has 2 rings (SSSR count). The van der Waals surface area contributed by atoms with Gasteiger partial charge in [0.05, 0.1) is 14.2 Å². The molecule has 0 fully saturated rings. The molecule has 7 nitrogen and oxygen atoms in total. The summed E-state index contributed by atoms with van der Waals surface area (Å²) in [6, 6.07) is 9.82. The average Bonchev–Trinajstić information content (AvgIpc) is 2.72. The summed E-state index contributed by atoms with van der Waals surface area (Å²) in [6.07, 6.45) is -5.53. The maximum absolute atomic E-state index is 12.2. The van der Waals surface area contributed by atoms with Gasteiger partial charge in [-0.15, -0.1) is 13.2 Å². The van der Waals surface area contributed by atoms with Crippen molar-refractivity contribution < 1.29 is 41.7 Å². The zero-order chi connectivity index (χ0) is 23.0. The molecule has 2 aromatic carbocycles. The van der Waals surface area contributed by atoms with Crippen LogP contribution in [0.15, 0.2) is 42.5 Å². The first kappa shape index (κ1) is 23.8. The molecule has 0 aliphatic carbocycles. The van der Waals surface area contributed by atoms with E-state index in [2.05, 4.69) is 10.1 Å². The first-order chi connectivity index (χ1) is 14.6. The number of halogens is 3. The molecule has 1 amide bonds. The van der Waals surface area contributed by atoms with Crippen LogP contribution in [-0.4, -0.2) is 38.6 Å². The van der Waals surface area contributed by atoms with E-state index >= 15 is 0 Å². The number of rotatable bonds is 9. The van der Waals surface area contributed by atoms with Crippen molar-refractivity contribution in [1.29, 1.82) is 0 Å². The third-order valence-electron chi connectivity index (χ3n) is 4.06. The summed E-state index contributed by atoms with van der Waals surface area (Å²) in [5.41, 5.74) is 1.03. The van der Waals surface area contributed by atoms with E-state index in [9.17, 15) is 22.8 Å². The SMILES string of the molecule is COc1cc(CCC(=O)OC(C)C(=O)Nc2ccc(OC(F)(F)F)cc2)cc(OC)c1. The molecular weight excluding hydrogens is 419 g/mol. The smallest absolute Gasteiger partial charge is 0.497 e. The number of carbonyl (C=O) groups excluding carboxylic acids is 2. The van der Waals surface area contributed by atoms with E-state index < -0.39 is 30.1 Å². The Hall–Kier alpha value is -3.43. The molecule has 0 spiro atoms. The van der Waals surface area contributed by atoms with E-state index in [-0.39, 0.29) is 12.1 Å². The first-order valence-electron chi connectivity index (χ1n) is 9.17. The highest BCUT2D eigenvalue weighted by atomic mass is 19.4. The van der Waals surface area contributed by atoms with Crippen LogP contribution in [-0.2, 0) is 20.7 Å². The van der Waals surface area contributed by atoms with Gasteiger partial charge in [0.2, 0.25) is 0 Å². The maximum Gasteiger partial charge on any atom is 0.573 e. The van der Waals surface area contributed by atoms with Crippen LogP contribution in [0.4, 0.5) is 18.9 Å². The number of alkyl halides is 3. The second kappa shape index (κ2) is 10.6. The molecule has 0 aliphatic heterocycles. The van der Waals surface area contributed by atoms with Crippen molar-refractivity contribution in [2.45, 2.75) is 32.2 Å². The summed E-state index contributed by atoms with van der Waals surface area (Å²) in [4.78, 5) is 24.3. The number of carbonyl (C=O) groups is 2. The first-order valence-corrected chi connectivity index (χ1v) is 9.17. The van der Waals surface area contributed by atoms with E-state index in [4.69, 9.17) is 14.2 Å². The van der Waals surface area contributed by atoms with E-state index in [1.807, 2.05) is 0 Å². The zero-order valence-electron chi connectivity index (χ0n) is 17.1. The predicted octanol–water partition coefficient (Wildman–Crippen LogP) is 4.11. The van der Waals surface area contributed by atoms with Crippen LogP contribution < -0.4 is 19.5 Å². The number of hydrogen-bond donors (Lipinski definition) is 1. The van der Waals surface area contributed by atoms with Crippen molar-refractivity contribution >= 4 is 17.6 Å². The van der Waals surface area contributed by atoms with Crippen molar-refractivity contribution in [3.05, 3.63) is 48.0 Å². The highest BCUT2D eigenvalue weighted by Gasteiger charge is 2.31. The lowest BCUT2D eigenvalue weighted by molar-refractivity contribution is -0.274. The second-order valence-corrected chi connectivity index (χ2v) is 6.41. The Morgan fingerprint density at radius 2 is 1.55 bits per heavy atom. The summed E-state index contributed by atoms with van der Waals surface area (Å²) >= 11 is 0. The van der Waals surface area contributed by atoms with Gasteiger partial charge in [0.1, 0.15) is 17.2 Å². The number of anilines is 1. The molecule has 0 saturated carbocycles. The fourth-order valence-corrected chi connectivity index (χ4v) is 2.55. The van der Waals surface area contributed by atoms with Gasteiger partial charge in [-0.25, -0.2) is 0 Å². The molecule has 2 aromatic rings. The number of aryl methyl sites for hydroxylation is 1. The molecule has 0 saturated heterocycles. The molecule has 0 aliphatic rings. The lowest BCUT2D eigenvalue weighted by Gasteiger charge is -2.14. The van der Waals surface area contributed by atoms with Crippen LogP contribution in [0.2, 0.25) is 0 Å². The van der Waals surface area contributed by atoms with E-state index in [0.29, 0.717) is 17.9 Å². The predicted molar refractivity (Wildman–Crippen MR) is 105 cm³/mol. The number of benzene rings is 2. The lowest BCUT2D eigenvalue weighted by Crippen LogP contribution is -2.30. The molecule has 31 heavy (non-hydrogen) atoms. The fraction of sp³-hybridized carbons (Fsp3) is 0.333. The summed E-state index contributed by atoms with van der Waals surface area (Å²) in [7, 11) is 3.04. The van der Waals surface area contributed by atoms with E-state index in [0.717, 1.165) is 17.7 Å². The number of amides is 1. The van der Waals surface area contributed by atoms with Crippen molar-refractivity contribution in [3.63, 3.8) is 0 Å².